The van der Waals surface area contributed by atoms with Crippen molar-refractivity contribution in [1.29, 1.82) is 5.26 Å². The van der Waals surface area contributed by atoms with E-state index in [1.807, 2.05) is 6.07 Å². The molecule has 1 aromatic carbocycles. The molecular weight excluding hydrogens is 206 g/mol. The third-order valence-corrected chi connectivity index (χ3v) is 2.65. The van der Waals surface area contributed by atoms with Crippen LogP contribution >= 0.6 is 11.8 Å². The van der Waals surface area contributed by atoms with Crippen LogP contribution in [0, 0.1) is 23.0 Å². The van der Waals surface area contributed by atoms with Gasteiger partial charge in [-0.05, 0) is 12.1 Å². The fourth-order valence-corrected chi connectivity index (χ4v) is 1.60. The smallest absolute Gasteiger partial charge is 0.139 e. The van der Waals surface area contributed by atoms with Gasteiger partial charge in [0.15, 0.2) is 0 Å². The van der Waals surface area contributed by atoms with Gasteiger partial charge >= 0.3 is 0 Å². The summed E-state index contributed by atoms with van der Waals surface area (Å²) in [7, 11) is 0. The third-order valence-electron chi connectivity index (χ3n) is 1.48. The predicted octanol–water partition coefficient (Wildman–Crippen LogP) is 1.91. The van der Waals surface area contributed by atoms with Crippen molar-refractivity contribution in [2.75, 3.05) is 5.75 Å². The second-order valence-corrected chi connectivity index (χ2v) is 3.68. The molecule has 74 valence electrons. The number of nitriles is 1. The molecule has 0 spiro atoms. The van der Waals surface area contributed by atoms with Gasteiger partial charge < -0.3 is 5.73 Å². The number of halogens is 2. The number of hydrogen-bond acceptors (Lipinski definition) is 3. The van der Waals surface area contributed by atoms with Crippen LogP contribution in [0.15, 0.2) is 23.1 Å². The fourth-order valence-electron chi connectivity index (χ4n) is 0.809. The van der Waals surface area contributed by atoms with E-state index in [0.717, 1.165) is 17.8 Å². The molecule has 2 N–H and O–H groups in total. The van der Waals surface area contributed by atoms with Crippen molar-refractivity contribution in [2.24, 2.45) is 5.73 Å². The van der Waals surface area contributed by atoms with Gasteiger partial charge in [-0.25, -0.2) is 8.78 Å². The number of hydrogen-bond donors (Lipinski definition) is 1. The highest BCUT2D eigenvalue weighted by molar-refractivity contribution is 7.99. The van der Waals surface area contributed by atoms with Gasteiger partial charge in [0.2, 0.25) is 0 Å². The van der Waals surface area contributed by atoms with Gasteiger partial charge in [-0.15, -0.1) is 11.8 Å². The zero-order chi connectivity index (χ0) is 10.6. The average molecular weight is 214 g/mol. The lowest BCUT2D eigenvalue weighted by Crippen LogP contribution is -2.19. The summed E-state index contributed by atoms with van der Waals surface area (Å²) < 4.78 is 25.5. The zero-order valence-corrected chi connectivity index (χ0v) is 8.02. The number of nitrogens with two attached hydrogens (primary N) is 1. The summed E-state index contributed by atoms with van der Waals surface area (Å²) in [5, 5.41) is 8.38. The van der Waals surface area contributed by atoms with Crippen LogP contribution in [0.5, 0.6) is 0 Å². The summed E-state index contributed by atoms with van der Waals surface area (Å²) in [5.41, 5.74) is 5.32. The van der Waals surface area contributed by atoms with Gasteiger partial charge in [0.25, 0.3) is 0 Å². The van der Waals surface area contributed by atoms with E-state index in [9.17, 15) is 8.78 Å². The van der Waals surface area contributed by atoms with E-state index in [2.05, 4.69) is 0 Å². The summed E-state index contributed by atoms with van der Waals surface area (Å²) in [6.45, 7) is 0. The molecule has 0 heterocycles. The van der Waals surface area contributed by atoms with Crippen LogP contribution in [0.1, 0.15) is 0 Å². The molecule has 1 unspecified atom stereocenters. The van der Waals surface area contributed by atoms with E-state index >= 15 is 0 Å². The van der Waals surface area contributed by atoms with Crippen molar-refractivity contribution in [3.05, 3.63) is 29.8 Å². The Bertz CT molecular complexity index is 362. The SMILES string of the molecule is N#CC(N)CSc1ccc(F)cc1F. The van der Waals surface area contributed by atoms with Crippen LogP contribution in [0.2, 0.25) is 0 Å². The van der Waals surface area contributed by atoms with Crippen LogP contribution in [0.4, 0.5) is 8.78 Å². The van der Waals surface area contributed by atoms with Crippen molar-refractivity contribution in [1.82, 2.24) is 0 Å². The highest BCUT2D eigenvalue weighted by atomic mass is 32.2. The van der Waals surface area contributed by atoms with E-state index in [4.69, 9.17) is 11.0 Å². The molecule has 0 aliphatic carbocycles. The Labute approximate surface area is 84.7 Å². The maximum absolute atomic E-state index is 13.0. The Kier molecular flexibility index (Phi) is 3.86. The molecule has 0 saturated carbocycles. The molecule has 0 radical (unpaired) electrons. The molecule has 1 atom stereocenters. The first-order chi connectivity index (χ1) is 6.63. The minimum atomic E-state index is -0.635. The molecule has 0 bridgehead atoms. The lowest BCUT2D eigenvalue weighted by molar-refractivity contribution is 0.565. The first kappa shape index (κ1) is 11.0. The molecule has 0 aliphatic rings. The molecule has 1 rings (SSSR count). The number of thioether (sulfide) groups is 1. The minimum absolute atomic E-state index is 0.291. The Morgan fingerprint density at radius 3 is 2.79 bits per heavy atom. The van der Waals surface area contributed by atoms with Crippen LogP contribution in [-0.4, -0.2) is 11.8 Å². The molecule has 0 saturated heterocycles. The highest BCUT2D eigenvalue weighted by Gasteiger charge is 2.06. The van der Waals surface area contributed by atoms with Gasteiger partial charge in [0, 0.05) is 16.7 Å². The average Bonchev–Trinajstić information content (AvgIpc) is 2.16. The maximum Gasteiger partial charge on any atom is 0.139 e. The highest BCUT2D eigenvalue weighted by Crippen LogP contribution is 2.22. The Morgan fingerprint density at radius 1 is 1.50 bits per heavy atom. The quantitative estimate of drug-likeness (QED) is 0.782. The third kappa shape index (κ3) is 2.98. The van der Waals surface area contributed by atoms with E-state index in [1.165, 1.54) is 12.1 Å². The van der Waals surface area contributed by atoms with Crippen molar-refractivity contribution in [3.63, 3.8) is 0 Å². The monoisotopic (exact) mass is 214 g/mol. The molecule has 0 fully saturated rings. The Morgan fingerprint density at radius 2 is 2.21 bits per heavy atom. The van der Waals surface area contributed by atoms with E-state index < -0.39 is 17.7 Å². The Hall–Kier alpha value is -1.12. The second kappa shape index (κ2) is 4.94. The molecule has 2 nitrogen and oxygen atoms in total. The van der Waals surface area contributed by atoms with Crippen molar-refractivity contribution >= 4 is 11.8 Å². The zero-order valence-electron chi connectivity index (χ0n) is 7.21. The summed E-state index contributed by atoms with van der Waals surface area (Å²) in [5.74, 6) is -0.949. The first-order valence-electron chi connectivity index (χ1n) is 3.86. The summed E-state index contributed by atoms with van der Waals surface area (Å²) in [6.07, 6.45) is 0. The van der Waals surface area contributed by atoms with E-state index in [0.29, 0.717) is 10.6 Å². The molecule has 14 heavy (non-hydrogen) atoms. The lowest BCUT2D eigenvalue weighted by Gasteiger charge is -2.03. The van der Waals surface area contributed by atoms with Gasteiger partial charge in [-0.2, -0.15) is 5.26 Å². The molecule has 1 aromatic rings. The predicted molar refractivity (Wildman–Crippen MR) is 50.7 cm³/mol. The van der Waals surface area contributed by atoms with Crippen molar-refractivity contribution < 1.29 is 8.78 Å². The maximum atomic E-state index is 13.0. The largest absolute Gasteiger partial charge is 0.315 e. The second-order valence-electron chi connectivity index (χ2n) is 2.62. The Balaban J connectivity index is 2.64. The number of rotatable bonds is 3. The van der Waals surface area contributed by atoms with E-state index in [1.54, 1.807) is 0 Å². The molecular formula is C9H8F2N2S. The number of benzene rings is 1. The minimum Gasteiger partial charge on any atom is -0.315 e. The summed E-state index contributed by atoms with van der Waals surface area (Å²) in [4.78, 5) is 0.303. The van der Waals surface area contributed by atoms with Crippen molar-refractivity contribution in [2.45, 2.75) is 10.9 Å². The summed E-state index contributed by atoms with van der Waals surface area (Å²) >= 11 is 1.10. The van der Waals surface area contributed by atoms with Crippen molar-refractivity contribution in [3.8, 4) is 6.07 Å². The van der Waals surface area contributed by atoms with Gasteiger partial charge in [-0.1, -0.05) is 0 Å². The molecule has 0 amide bonds. The van der Waals surface area contributed by atoms with E-state index in [-0.39, 0.29) is 0 Å². The van der Waals surface area contributed by atoms with Crippen LogP contribution < -0.4 is 5.73 Å². The number of nitrogens with zero attached hydrogens (tertiary/aromatic N) is 1. The van der Waals surface area contributed by atoms with Gasteiger partial charge in [0.1, 0.15) is 17.7 Å². The van der Waals surface area contributed by atoms with Gasteiger partial charge in [0.05, 0.1) is 6.07 Å². The van der Waals surface area contributed by atoms with Crippen LogP contribution in [0.25, 0.3) is 0 Å². The fraction of sp³-hybridized carbons (Fsp3) is 0.222. The first-order valence-corrected chi connectivity index (χ1v) is 4.85. The molecule has 5 heteroatoms. The molecule has 0 aliphatic heterocycles. The summed E-state index contributed by atoms with van der Waals surface area (Å²) in [6, 6.07) is 4.50. The standard InChI is InChI=1S/C9H8F2N2S/c10-6-1-2-9(8(11)3-6)14-5-7(13)4-12/h1-3,7H,5,13H2. The van der Waals surface area contributed by atoms with Gasteiger partial charge in [-0.3, -0.25) is 0 Å². The lowest BCUT2D eigenvalue weighted by atomic mass is 10.3. The van der Waals surface area contributed by atoms with Crippen LogP contribution in [-0.2, 0) is 0 Å². The molecule has 0 aromatic heterocycles. The topological polar surface area (TPSA) is 49.8 Å². The normalized spacial score (nSPS) is 12.1. The van der Waals surface area contributed by atoms with Crippen LogP contribution in [0.3, 0.4) is 0 Å².